The normalized spacial score (nSPS) is 12.7. The van der Waals surface area contributed by atoms with E-state index in [0.717, 1.165) is 4.90 Å². The lowest BCUT2D eigenvalue weighted by molar-refractivity contribution is -0.121. The molecule has 0 heterocycles. The number of hydrogen-bond donors (Lipinski definition) is 6. The molecule has 7 N–H and O–H groups in total. The zero-order chi connectivity index (χ0) is 15.8. The van der Waals surface area contributed by atoms with Crippen molar-refractivity contribution in [3.63, 3.8) is 0 Å². The van der Waals surface area contributed by atoms with Gasteiger partial charge in [0.2, 0.25) is 5.91 Å². The van der Waals surface area contributed by atoms with E-state index in [0.29, 0.717) is 13.1 Å². The van der Waals surface area contributed by atoms with Gasteiger partial charge in [-0.3, -0.25) is 18.8 Å². The summed E-state index contributed by atoms with van der Waals surface area (Å²) in [7, 11) is -8.85. The molecule has 120 valence electrons. The molecule has 0 aliphatic heterocycles. The van der Waals surface area contributed by atoms with Crippen LogP contribution in [0.1, 0.15) is 12.8 Å². The summed E-state index contributed by atoms with van der Waals surface area (Å²) in [6.07, 6.45) is -1.22. The second-order valence-electron chi connectivity index (χ2n) is 4.25. The van der Waals surface area contributed by atoms with Crippen molar-refractivity contribution in [3.8, 4) is 0 Å². The van der Waals surface area contributed by atoms with Crippen LogP contribution in [0.3, 0.4) is 0 Å². The van der Waals surface area contributed by atoms with Crippen LogP contribution in [-0.2, 0) is 13.9 Å². The first-order valence-electron chi connectivity index (χ1n) is 5.82. The second kappa shape index (κ2) is 8.86. The van der Waals surface area contributed by atoms with Gasteiger partial charge in [0.05, 0.1) is 0 Å². The Bertz CT molecular complexity index is 370. The van der Waals surface area contributed by atoms with Crippen molar-refractivity contribution in [2.24, 2.45) is 5.73 Å². The molecule has 0 atom stereocenters. The summed E-state index contributed by atoms with van der Waals surface area (Å²) < 4.78 is 21.7. The Morgan fingerprint density at radius 3 is 2.00 bits per heavy atom. The summed E-state index contributed by atoms with van der Waals surface area (Å²) in [5, 5.41) is 2.51. The van der Waals surface area contributed by atoms with E-state index < -0.39 is 27.8 Å². The van der Waals surface area contributed by atoms with Crippen LogP contribution in [0.25, 0.3) is 0 Å². The average Bonchev–Trinajstić information content (AvgIpc) is 2.21. The Labute approximate surface area is 116 Å². The summed E-state index contributed by atoms with van der Waals surface area (Å²) in [4.78, 5) is 47.5. The molecular weight excluding hydrogens is 312 g/mol. The van der Waals surface area contributed by atoms with Crippen molar-refractivity contribution in [3.05, 3.63) is 0 Å². The summed E-state index contributed by atoms with van der Waals surface area (Å²) >= 11 is 0. The Morgan fingerprint density at radius 1 is 1.10 bits per heavy atom. The summed E-state index contributed by atoms with van der Waals surface area (Å²) in [6.45, 7) is 0.619. The summed E-state index contributed by atoms with van der Waals surface area (Å²) in [6, 6.07) is 0. The number of nitrogens with one attached hydrogen (secondary N) is 1. The van der Waals surface area contributed by atoms with Crippen LogP contribution >= 0.6 is 15.2 Å². The number of amides is 1. The van der Waals surface area contributed by atoms with Gasteiger partial charge >= 0.3 is 15.2 Å². The van der Waals surface area contributed by atoms with E-state index in [-0.39, 0.29) is 25.3 Å². The smallest absolute Gasteiger partial charge is 0.339 e. The Balaban J connectivity index is 4.26. The predicted octanol–water partition coefficient (Wildman–Crippen LogP) is -1.59. The van der Waals surface area contributed by atoms with Crippen LogP contribution in [-0.4, -0.2) is 62.6 Å². The molecule has 0 unspecified atom stereocenters. The van der Waals surface area contributed by atoms with Crippen LogP contribution < -0.4 is 11.1 Å². The number of carbonyl (C=O) groups excluding carboxylic acids is 1. The Kier molecular flexibility index (Phi) is 8.72. The first-order valence-corrected chi connectivity index (χ1v) is 9.41. The molecule has 12 heteroatoms. The molecule has 0 aromatic heterocycles. The summed E-state index contributed by atoms with van der Waals surface area (Å²) in [5.41, 5.74) is 5.20. The lowest BCUT2D eigenvalue weighted by Gasteiger charge is -2.22. The van der Waals surface area contributed by atoms with Crippen molar-refractivity contribution >= 4 is 21.1 Å². The number of rotatable bonds is 10. The number of nitrogens with zero attached hydrogens (tertiary/aromatic N) is 1. The van der Waals surface area contributed by atoms with Crippen molar-refractivity contribution < 1.29 is 33.5 Å². The van der Waals surface area contributed by atoms with E-state index in [1.165, 1.54) is 0 Å². The third-order valence-corrected chi connectivity index (χ3v) is 3.65. The molecule has 10 nitrogen and oxygen atoms in total. The van der Waals surface area contributed by atoms with Gasteiger partial charge in [-0.05, 0) is 13.0 Å². The van der Waals surface area contributed by atoms with Crippen LogP contribution in [0.4, 0.5) is 0 Å². The molecule has 0 saturated carbocycles. The van der Waals surface area contributed by atoms with Gasteiger partial charge in [-0.2, -0.15) is 0 Å². The van der Waals surface area contributed by atoms with Crippen LogP contribution in [0.2, 0.25) is 0 Å². The van der Waals surface area contributed by atoms with Gasteiger partial charge in [-0.15, -0.1) is 0 Å². The van der Waals surface area contributed by atoms with Gasteiger partial charge in [-0.1, -0.05) is 0 Å². The number of carbonyl (C=O) groups is 1. The Morgan fingerprint density at radius 2 is 1.60 bits per heavy atom. The molecule has 20 heavy (non-hydrogen) atoms. The molecule has 1 amide bonds. The molecular formula is C8H21N3O7P2. The molecule has 0 radical (unpaired) electrons. The molecule has 0 aromatic rings. The number of hydrogen-bond acceptors (Lipinski definition) is 5. The highest BCUT2D eigenvalue weighted by Gasteiger charge is 2.25. The maximum Gasteiger partial charge on any atom is 0.339 e. The fourth-order valence-corrected chi connectivity index (χ4v) is 3.15. The maximum atomic E-state index is 11.3. The molecule has 0 saturated heterocycles. The van der Waals surface area contributed by atoms with Crippen molar-refractivity contribution in [1.29, 1.82) is 0 Å². The van der Waals surface area contributed by atoms with Gasteiger partial charge < -0.3 is 30.6 Å². The predicted molar refractivity (Wildman–Crippen MR) is 71.8 cm³/mol. The maximum absolute atomic E-state index is 11.3. The average molecular weight is 333 g/mol. The lowest BCUT2D eigenvalue weighted by atomic mass is 10.3. The fourth-order valence-electron chi connectivity index (χ4n) is 1.47. The lowest BCUT2D eigenvalue weighted by Crippen LogP contribution is -2.31. The minimum absolute atomic E-state index is 0.00767. The largest absolute Gasteiger partial charge is 0.355 e. The molecule has 0 aliphatic carbocycles. The third kappa shape index (κ3) is 12.7. The van der Waals surface area contributed by atoms with Crippen LogP contribution in [0.5, 0.6) is 0 Å². The number of nitrogens with two attached hydrogens (primary N) is 1. The van der Waals surface area contributed by atoms with Crippen molar-refractivity contribution in [1.82, 2.24) is 10.2 Å². The fraction of sp³-hybridized carbons (Fsp3) is 0.875. The van der Waals surface area contributed by atoms with Gasteiger partial charge in [-0.25, -0.2) is 0 Å². The molecule has 0 bridgehead atoms. The van der Waals surface area contributed by atoms with Gasteiger partial charge in [0.15, 0.2) is 0 Å². The Hall–Kier alpha value is -0.310. The highest BCUT2D eigenvalue weighted by atomic mass is 31.2. The highest BCUT2D eigenvalue weighted by molar-refractivity contribution is 7.52. The minimum Gasteiger partial charge on any atom is -0.355 e. The van der Waals surface area contributed by atoms with Crippen LogP contribution in [0, 0.1) is 0 Å². The SMILES string of the molecule is NCCNC(=O)CCCN(CP(=O)(O)O)CP(=O)(O)O. The zero-order valence-corrected chi connectivity index (χ0v) is 12.7. The second-order valence-corrected chi connectivity index (χ2v) is 7.47. The van der Waals surface area contributed by atoms with E-state index in [2.05, 4.69) is 5.32 Å². The highest BCUT2D eigenvalue weighted by Crippen LogP contribution is 2.40. The monoisotopic (exact) mass is 333 g/mol. The first kappa shape index (κ1) is 19.7. The molecule has 0 spiro atoms. The first-order chi connectivity index (χ1) is 9.03. The van der Waals surface area contributed by atoms with E-state index in [4.69, 9.17) is 25.3 Å². The van der Waals surface area contributed by atoms with Crippen molar-refractivity contribution in [2.45, 2.75) is 12.8 Å². The quantitative estimate of drug-likeness (QED) is 0.258. The standard InChI is InChI=1S/C8H21N3O7P2/c9-3-4-10-8(12)2-1-5-11(6-19(13,14)15)7-20(16,17)18/h1-7,9H2,(H,10,12)(H2,13,14,15)(H2,16,17,18). The van der Waals surface area contributed by atoms with Gasteiger partial charge in [0, 0.05) is 19.5 Å². The van der Waals surface area contributed by atoms with Gasteiger partial charge in [0.25, 0.3) is 0 Å². The van der Waals surface area contributed by atoms with E-state index in [1.54, 1.807) is 0 Å². The molecule has 0 rings (SSSR count). The third-order valence-electron chi connectivity index (χ3n) is 2.11. The molecule has 0 aliphatic rings. The zero-order valence-electron chi connectivity index (χ0n) is 10.9. The van der Waals surface area contributed by atoms with Crippen LogP contribution in [0.15, 0.2) is 0 Å². The van der Waals surface area contributed by atoms with Gasteiger partial charge in [0.1, 0.15) is 12.6 Å². The topological polar surface area (TPSA) is 173 Å². The summed E-state index contributed by atoms with van der Waals surface area (Å²) in [5.74, 6) is -0.275. The van der Waals surface area contributed by atoms with E-state index >= 15 is 0 Å². The van der Waals surface area contributed by atoms with Crippen molar-refractivity contribution in [2.75, 3.05) is 32.2 Å². The molecule has 0 fully saturated rings. The van der Waals surface area contributed by atoms with E-state index in [1.807, 2.05) is 0 Å². The molecule has 0 aromatic carbocycles. The minimum atomic E-state index is -4.42. The van der Waals surface area contributed by atoms with E-state index in [9.17, 15) is 13.9 Å².